The van der Waals surface area contributed by atoms with Crippen molar-refractivity contribution in [2.45, 2.75) is 0 Å². The average Bonchev–Trinajstić information content (AvgIpc) is 2.46. The summed E-state index contributed by atoms with van der Waals surface area (Å²) >= 11 is 0. The summed E-state index contributed by atoms with van der Waals surface area (Å²) in [5.74, 6) is -0.308. The summed E-state index contributed by atoms with van der Waals surface area (Å²) < 4.78 is 10.6. The summed E-state index contributed by atoms with van der Waals surface area (Å²) in [6.07, 6.45) is 0. The molecule has 106 valence electrons. The van der Waals surface area contributed by atoms with Gasteiger partial charge in [-0.1, -0.05) is 0 Å². The van der Waals surface area contributed by atoms with Crippen molar-refractivity contribution in [2.75, 3.05) is 12.8 Å². The predicted molar refractivity (Wildman–Crippen MR) is 75.6 cm³/mol. The van der Waals surface area contributed by atoms with Crippen molar-refractivity contribution >= 4 is 11.7 Å². The van der Waals surface area contributed by atoms with Crippen molar-refractivity contribution in [2.24, 2.45) is 0 Å². The number of nitrogen functional groups attached to an aromatic ring is 1. The second-order valence-corrected chi connectivity index (χ2v) is 4.17. The minimum Gasteiger partial charge on any atom is -0.497 e. The van der Waals surface area contributed by atoms with E-state index >= 15 is 0 Å². The van der Waals surface area contributed by atoms with Gasteiger partial charge in [-0.3, -0.25) is 0 Å². The van der Waals surface area contributed by atoms with Crippen molar-refractivity contribution < 1.29 is 19.4 Å². The number of nitrogens with zero attached hydrogens (tertiary/aromatic N) is 1. The number of nitriles is 1. The van der Waals surface area contributed by atoms with Gasteiger partial charge in [0.15, 0.2) is 0 Å². The van der Waals surface area contributed by atoms with E-state index in [1.807, 2.05) is 6.07 Å². The number of carbonyl (C=O) groups is 1. The van der Waals surface area contributed by atoms with Crippen LogP contribution < -0.4 is 15.2 Å². The van der Waals surface area contributed by atoms with Gasteiger partial charge in [-0.25, -0.2) is 4.79 Å². The molecule has 0 aliphatic heterocycles. The molecule has 0 bridgehead atoms. The molecule has 21 heavy (non-hydrogen) atoms. The highest BCUT2D eigenvalue weighted by molar-refractivity contribution is 5.91. The van der Waals surface area contributed by atoms with Crippen LogP contribution in [0.5, 0.6) is 17.2 Å². The Hall–Kier alpha value is -3.20. The molecular weight excluding hydrogens is 272 g/mol. The van der Waals surface area contributed by atoms with E-state index in [1.54, 1.807) is 12.1 Å². The second-order valence-electron chi connectivity index (χ2n) is 4.17. The number of ether oxygens (including phenoxy) is 2. The van der Waals surface area contributed by atoms with Gasteiger partial charge >= 0.3 is 5.97 Å². The fourth-order valence-electron chi connectivity index (χ4n) is 1.74. The lowest BCUT2D eigenvalue weighted by Crippen LogP contribution is -2.01. The highest BCUT2D eigenvalue weighted by atomic mass is 16.5. The van der Waals surface area contributed by atoms with Crippen LogP contribution in [0.3, 0.4) is 0 Å². The van der Waals surface area contributed by atoms with Crippen LogP contribution in [0.4, 0.5) is 5.69 Å². The van der Waals surface area contributed by atoms with Gasteiger partial charge in [0, 0.05) is 17.8 Å². The predicted octanol–water partition coefficient (Wildman–Crippen LogP) is 2.64. The Bertz CT molecular complexity index is 735. The number of hydrogen-bond donors (Lipinski definition) is 2. The molecule has 0 aromatic heterocycles. The molecule has 0 atom stereocenters. The fraction of sp³-hybridized carbons (Fsp3) is 0.0667. The van der Waals surface area contributed by atoms with E-state index in [0.29, 0.717) is 22.7 Å². The number of carboxylic acids is 1. The first-order valence-corrected chi connectivity index (χ1v) is 5.93. The number of rotatable bonds is 4. The molecule has 0 radical (unpaired) electrons. The Morgan fingerprint density at radius 2 is 1.95 bits per heavy atom. The molecule has 0 aliphatic rings. The van der Waals surface area contributed by atoms with Gasteiger partial charge in [-0.05, 0) is 24.3 Å². The van der Waals surface area contributed by atoms with Crippen molar-refractivity contribution in [3.05, 3.63) is 47.5 Å². The van der Waals surface area contributed by atoms with Gasteiger partial charge in [0.05, 0.1) is 18.7 Å². The van der Waals surface area contributed by atoms with Crippen LogP contribution in [0.15, 0.2) is 36.4 Å². The number of benzene rings is 2. The van der Waals surface area contributed by atoms with Gasteiger partial charge in [0.2, 0.25) is 0 Å². The zero-order chi connectivity index (χ0) is 15.4. The summed E-state index contributed by atoms with van der Waals surface area (Å²) in [4.78, 5) is 11.2. The number of anilines is 1. The van der Waals surface area contributed by atoms with Crippen molar-refractivity contribution in [3.8, 4) is 23.3 Å². The van der Waals surface area contributed by atoms with Gasteiger partial charge < -0.3 is 20.3 Å². The molecule has 0 spiro atoms. The Morgan fingerprint density at radius 3 is 2.57 bits per heavy atom. The average molecular weight is 284 g/mol. The van der Waals surface area contributed by atoms with Gasteiger partial charge in [-0.15, -0.1) is 0 Å². The SMILES string of the molecule is COc1cc(C#N)cc(Oc2cc(N)ccc2C(=O)O)c1. The Kier molecular flexibility index (Phi) is 3.95. The molecule has 0 unspecified atom stereocenters. The third kappa shape index (κ3) is 3.22. The standard InChI is InChI=1S/C15H12N2O4/c1-20-11-4-9(8-16)5-12(7-11)21-14-6-10(17)2-3-13(14)15(18)19/h2-7H,17H2,1H3,(H,18,19). The Balaban J connectivity index is 2.45. The van der Waals surface area contributed by atoms with Crippen LogP contribution >= 0.6 is 0 Å². The minimum absolute atomic E-state index is 0.0227. The first kappa shape index (κ1) is 14.2. The Labute approximate surface area is 120 Å². The zero-order valence-corrected chi connectivity index (χ0v) is 11.2. The van der Waals surface area contributed by atoms with Crippen LogP contribution in [0.25, 0.3) is 0 Å². The summed E-state index contributed by atoms with van der Waals surface area (Å²) in [7, 11) is 1.46. The van der Waals surface area contributed by atoms with Crippen LogP contribution in [-0.4, -0.2) is 18.2 Å². The van der Waals surface area contributed by atoms with E-state index in [9.17, 15) is 4.79 Å². The quantitative estimate of drug-likeness (QED) is 0.836. The first-order chi connectivity index (χ1) is 10.0. The van der Waals surface area contributed by atoms with Gasteiger partial charge in [0.25, 0.3) is 0 Å². The lowest BCUT2D eigenvalue weighted by Gasteiger charge is -2.11. The fourth-order valence-corrected chi connectivity index (χ4v) is 1.74. The first-order valence-electron chi connectivity index (χ1n) is 5.93. The lowest BCUT2D eigenvalue weighted by atomic mass is 10.1. The summed E-state index contributed by atoms with van der Waals surface area (Å²) in [6.45, 7) is 0. The molecule has 2 aromatic rings. The van der Waals surface area contributed by atoms with Crippen LogP contribution in [-0.2, 0) is 0 Å². The second kappa shape index (κ2) is 5.84. The number of aromatic carboxylic acids is 1. The van der Waals surface area contributed by atoms with Crippen LogP contribution in [0.2, 0.25) is 0 Å². The molecule has 0 aliphatic carbocycles. The van der Waals surface area contributed by atoms with Crippen molar-refractivity contribution in [1.29, 1.82) is 5.26 Å². The maximum absolute atomic E-state index is 11.2. The Morgan fingerprint density at radius 1 is 1.24 bits per heavy atom. The third-order valence-electron chi connectivity index (χ3n) is 2.71. The molecule has 0 amide bonds. The van der Waals surface area contributed by atoms with Gasteiger partial charge in [-0.2, -0.15) is 5.26 Å². The monoisotopic (exact) mass is 284 g/mol. The van der Waals surface area contributed by atoms with E-state index < -0.39 is 5.97 Å². The smallest absolute Gasteiger partial charge is 0.339 e. The van der Waals surface area contributed by atoms with Crippen molar-refractivity contribution in [1.82, 2.24) is 0 Å². The number of hydrogen-bond acceptors (Lipinski definition) is 5. The maximum Gasteiger partial charge on any atom is 0.339 e. The molecule has 0 saturated heterocycles. The molecule has 0 heterocycles. The largest absolute Gasteiger partial charge is 0.497 e. The molecular formula is C15H12N2O4. The summed E-state index contributed by atoms with van der Waals surface area (Å²) in [6, 6.07) is 10.8. The van der Waals surface area contributed by atoms with Gasteiger partial charge in [0.1, 0.15) is 22.8 Å². The third-order valence-corrected chi connectivity index (χ3v) is 2.71. The van der Waals surface area contributed by atoms with Crippen molar-refractivity contribution in [3.63, 3.8) is 0 Å². The highest BCUT2D eigenvalue weighted by Gasteiger charge is 2.13. The normalized spacial score (nSPS) is 9.71. The van der Waals surface area contributed by atoms with Crippen LogP contribution in [0.1, 0.15) is 15.9 Å². The van der Waals surface area contributed by atoms with E-state index in [4.69, 9.17) is 25.6 Å². The molecule has 2 aromatic carbocycles. The topological polar surface area (TPSA) is 106 Å². The maximum atomic E-state index is 11.2. The molecule has 0 fully saturated rings. The number of nitrogens with two attached hydrogens (primary N) is 1. The summed E-state index contributed by atoms with van der Waals surface area (Å²) in [5, 5.41) is 18.1. The molecule has 6 heteroatoms. The zero-order valence-electron chi connectivity index (χ0n) is 11.2. The van der Waals surface area contributed by atoms with Crippen LogP contribution in [0, 0.1) is 11.3 Å². The molecule has 6 nitrogen and oxygen atoms in total. The van der Waals surface area contributed by atoms with E-state index in [0.717, 1.165) is 0 Å². The van der Waals surface area contributed by atoms with E-state index in [2.05, 4.69) is 0 Å². The van der Waals surface area contributed by atoms with E-state index in [1.165, 1.54) is 31.4 Å². The highest BCUT2D eigenvalue weighted by Crippen LogP contribution is 2.30. The number of carboxylic acid groups (broad SMARTS) is 1. The minimum atomic E-state index is -1.13. The molecule has 0 saturated carbocycles. The summed E-state index contributed by atoms with van der Waals surface area (Å²) in [5.41, 5.74) is 6.33. The molecule has 2 rings (SSSR count). The van der Waals surface area contributed by atoms with E-state index in [-0.39, 0.29) is 11.3 Å². The lowest BCUT2D eigenvalue weighted by molar-refractivity contribution is 0.0694. The number of methoxy groups -OCH3 is 1. The molecule has 3 N–H and O–H groups in total.